The Morgan fingerprint density at radius 1 is 1.17 bits per heavy atom. The van der Waals surface area contributed by atoms with Crippen LogP contribution in [0.25, 0.3) is 0 Å². The lowest BCUT2D eigenvalue weighted by Crippen LogP contribution is -2.51. The highest BCUT2D eigenvalue weighted by Gasteiger charge is 2.39. The zero-order chi connectivity index (χ0) is 21.0. The lowest BCUT2D eigenvalue weighted by Gasteiger charge is -2.34. The van der Waals surface area contributed by atoms with Crippen molar-refractivity contribution in [2.24, 2.45) is 5.92 Å². The van der Waals surface area contributed by atoms with E-state index in [9.17, 15) is 18.4 Å². The minimum absolute atomic E-state index is 0.134. The van der Waals surface area contributed by atoms with Crippen molar-refractivity contribution in [3.63, 3.8) is 0 Å². The normalized spacial score (nSPS) is 18.6. The average Bonchev–Trinajstić information content (AvgIpc) is 2.68. The number of halogens is 2. The molecule has 7 nitrogen and oxygen atoms in total. The zero-order valence-corrected chi connectivity index (χ0v) is 15.4. The van der Waals surface area contributed by atoms with Crippen LogP contribution >= 0.6 is 0 Å². The van der Waals surface area contributed by atoms with Crippen molar-refractivity contribution in [1.29, 1.82) is 0 Å². The second-order valence-corrected chi connectivity index (χ2v) is 6.21. The van der Waals surface area contributed by atoms with Gasteiger partial charge in [0.05, 0.1) is 13.2 Å². The molecule has 0 aromatic heterocycles. The van der Waals surface area contributed by atoms with Crippen LogP contribution in [0.5, 0.6) is 11.5 Å². The van der Waals surface area contributed by atoms with Gasteiger partial charge in [0, 0.05) is 16.9 Å². The maximum atomic E-state index is 13.0. The average molecular weight is 403 g/mol. The van der Waals surface area contributed by atoms with Crippen LogP contribution in [-0.4, -0.2) is 25.7 Å². The van der Waals surface area contributed by atoms with E-state index in [4.69, 9.17) is 4.74 Å². The third kappa shape index (κ3) is 4.63. The van der Waals surface area contributed by atoms with Crippen molar-refractivity contribution < 1.29 is 27.8 Å². The Labute approximate surface area is 165 Å². The van der Waals surface area contributed by atoms with Crippen molar-refractivity contribution in [3.8, 4) is 11.5 Å². The Kier molecular flexibility index (Phi) is 5.96. The molecule has 1 saturated heterocycles. The Morgan fingerprint density at radius 2 is 1.86 bits per heavy atom. The molecule has 0 aliphatic carbocycles. The Bertz CT molecular complexity index is 918. The summed E-state index contributed by atoms with van der Waals surface area (Å²) >= 11 is 0. The zero-order valence-electron chi connectivity index (χ0n) is 15.4. The Morgan fingerprint density at radius 3 is 2.52 bits per heavy atom. The molecule has 2 atom stereocenters. The number of methoxy groups -OCH3 is 1. The summed E-state index contributed by atoms with van der Waals surface area (Å²) in [4.78, 5) is 24.9. The SMILES string of the molecule is C=C1NC(=O)N[C@H](c2ccccc2OC(F)F)[C@H]1C(=O)Nc1ccc(OC)cc1. The summed E-state index contributed by atoms with van der Waals surface area (Å²) in [5.74, 6) is -0.971. The quantitative estimate of drug-likeness (QED) is 0.690. The molecule has 0 radical (unpaired) electrons. The highest BCUT2D eigenvalue weighted by molar-refractivity contribution is 5.97. The van der Waals surface area contributed by atoms with Gasteiger partial charge in [-0.3, -0.25) is 4.79 Å². The van der Waals surface area contributed by atoms with E-state index in [0.29, 0.717) is 11.4 Å². The fourth-order valence-electron chi connectivity index (χ4n) is 3.09. The van der Waals surface area contributed by atoms with Crippen LogP contribution in [0.4, 0.5) is 19.3 Å². The number of carbonyl (C=O) groups excluding carboxylic acids is 2. The molecule has 1 aliphatic rings. The van der Waals surface area contributed by atoms with E-state index in [1.165, 1.54) is 25.3 Å². The van der Waals surface area contributed by atoms with Gasteiger partial charge in [0.25, 0.3) is 0 Å². The minimum Gasteiger partial charge on any atom is -0.497 e. The third-order valence-corrected chi connectivity index (χ3v) is 4.38. The first-order valence-corrected chi connectivity index (χ1v) is 8.64. The Balaban J connectivity index is 1.91. The van der Waals surface area contributed by atoms with Gasteiger partial charge in [0.2, 0.25) is 5.91 Å². The fourth-order valence-corrected chi connectivity index (χ4v) is 3.09. The number of nitrogens with one attached hydrogen (secondary N) is 3. The van der Waals surface area contributed by atoms with Gasteiger partial charge in [-0.05, 0) is 30.3 Å². The maximum Gasteiger partial charge on any atom is 0.387 e. The van der Waals surface area contributed by atoms with Crippen molar-refractivity contribution in [1.82, 2.24) is 10.6 Å². The van der Waals surface area contributed by atoms with E-state index >= 15 is 0 Å². The molecule has 2 aromatic carbocycles. The molecule has 0 spiro atoms. The number of carbonyl (C=O) groups is 2. The van der Waals surface area contributed by atoms with Crippen molar-refractivity contribution in [2.75, 3.05) is 12.4 Å². The lowest BCUT2D eigenvalue weighted by molar-refractivity contribution is -0.119. The van der Waals surface area contributed by atoms with Crippen molar-refractivity contribution in [2.45, 2.75) is 12.7 Å². The first kappa shape index (κ1) is 20.1. The highest BCUT2D eigenvalue weighted by atomic mass is 19.3. The van der Waals surface area contributed by atoms with Crippen LogP contribution in [0, 0.1) is 5.92 Å². The van der Waals surface area contributed by atoms with Gasteiger partial charge in [-0.25, -0.2) is 4.79 Å². The number of hydrogen-bond acceptors (Lipinski definition) is 4. The van der Waals surface area contributed by atoms with E-state index < -0.39 is 30.5 Å². The molecule has 3 N–H and O–H groups in total. The number of anilines is 1. The van der Waals surface area contributed by atoms with Crippen LogP contribution < -0.4 is 25.4 Å². The highest BCUT2D eigenvalue weighted by Crippen LogP contribution is 2.36. The molecule has 29 heavy (non-hydrogen) atoms. The van der Waals surface area contributed by atoms with Crippen molar-refractivity contribution >= 4 is 17.6 Å². The number of para-hydroxylation sites is 1. The molecule has 9 heteroatoms. The first-order valence-electron chi connectivity index (χ1n) is 8.64. The maximum absolute atomic E-state index is 13.0. The number of rotatable bonds is 6. The molecule has 3 amide bonds. The summed E-state index contributed by atoms with van der Waals surface area (Å²) in [7, 11) is 1.53. The molecule has 0 saturated carbocycles. The summed E-state index contributed by atoms with van der Waals surface area (Å²) in [5, 5.41) is 7.79. The van der Waals surface area contributed by atoms with Gasteiger partial charge >= 0.3 is 12.6 Å². The number of alkyl halides is 2. The van der Waals surface area contributed by atoms with E-state index in [2.05, 4.69) is 27.3 Å². The second kappa shape index (κ2) is 8.59. The summed E-state index contributed by atoms with van der Waals surface area (Å²) < 4.78 is 35.2. The van der Waals surface area contributed by atoms with E-state index in [1.807, 2.05) is 0 Å². The van der Waals surface area contributed by atoms with Gasteiger partial charge in [-0.2, -0.15) is 8.78 Å². The molecule has 2 aromatic rings. The standard InChI is InChI=1S/C20H19F2N3O4/c1-11-16(18(26)24-12-7-9-13(28-2)10-8-12)17(25-20(27)23-11)14-5-3-4-6-15(14)29-19(21)22/h3-10,16-17,19H,1H2,2H3,(H,24,26)(H2,23,25,27)/t16-,17+/m0/s1. The summed E-state index contributed by atoms with van der Waals surface area (Å²) in [5.41, 5.74) is 0.867. The fraction of sp³-hybridized carbons (Fsp3) is 0.200. The smallest absolute Gasteiger partial charge is 0.387 e. The molecule has 0 bridgehead atoms. The Hall–Kier alpha value is -3.62. The molecular weight excluding hydrogens is 384 g/mol. The van der Waals surface area contributed by atoms with E-state index in [1.54, 1.807) is 30.3 Å². The van der Waals surface area contributed by atoms with Gasteiger partial charge in [0.1, 0.15) is 17.4 Å². The monoisotopic (exact) mass is 403 g/mol. The number of benzene rings is 2. The minimum atomic E-state index is -3.05. The largest absolute Gasteiger partial charge is 0.497 e. The lowest BCUT2D eigenvalue weighted by atomic mass is 9.87. The third-order valence-electron chi connectivity index (χ3n) is 4.38. The molecule has 1 heterocycles. The molecule has 3 rings (SSSR count). The van der Waals surface area contributed by atoms with Crippen LogP contribution in [-0.2, 0) is 4.79 Å². The van der Waals surface area contributed by atoms with E-state index in [0.717, 1.165) is 0 Å². The number of hydrogen-bond donors (Lipinski definition) is 3. The summed E-state index contributed by atoms with van der Waals surface area (Å²) in [6, 6.07) is 11.1. The summed E-state index contributed by atoms with van der Waals surface area (Å²) in [6.07, 6.45) is 0. The van der Waals surface area contributed by atoms with Gasteiger partial charge < -0.3 is 25.4 Å². The van der Waals surface area contributed by atoms with Gasteiger partial charge in [-0.15, -0.1) is 0 Å². The molecule has 152 valence electrons. The number of amides is 3. The predicted octanol–water partition coefficient (Wildman–Crippen LogP) is 3.42. The topological polar surface area (TPSA) is 88.7 Å². The van der Waals surface area contributed by atoms with Gasteiger partial charge in [-0.1, -0.05) is 24.8 Å². The van der Waals surface area contributed by atoms with Crippen LogP contribution in [0.1, 0.15) is 11.6 Å². The first-order chi connectivity index (χ1) is 13.9. The molecular formula is C20H19F2N3O4. The van der Waals surface area contributed by atoms with Crippen molar-refractivity contribution in [3.05, 3.63) is 66.4 Å². The molecule has 1 fully saturated rings. The van der Waals surface area contributed by atoms with Gasteiger partial charge in [0.15, 0.2) is 0 Å². The van der Waals surface area contributed by atoms with Crippen LogP contribution in [0.2, 0.25) is 0 Å². The number of ether oxygens (including phenoxy) is 2. The number of urea groups is 1. The molecule has 0 unspecified atom stereocenters. The summed E-state index contributed by atoms with van der Waals surface area (Å²) in [6.45, 7) is 0.708. The van der Waals surface area contributed by atoms with E-state index in [-0.39, 0.29) is 17.0 Å². The molecule has 1 aliphatic heterocycles. The second-order valence-electron chi connectivity index (χ2n) is 6.21. The van der Waals surface area contributed by atoms with Crippen LogP contribution in [0.3, 0.4) is 0 Å². The predicted molar refractivity (Wildman–Crippen MR) is 102 cm³/mol. The van der Waals surface area contributed by atoms with Crippen LogP contribution in [0.15, 0.2) is 60.8 Å².